The lowest BCUT2D eigenvalue weighted by Crippen LogP contribution is -2.25. The van der Waals surface area contributed by atoms with Crippen molar-refractivity contribution in [2.24, 2.45) is 5.41 Å². The molecule has 0 aromatic heterocycles. The molecule has 0 bridgehead atoms. The highest BCUT2D eigenvalue weighted by Gasteiger charge is 2.29. The van der Waals surface area contributed by atoms with E-state index in [0.717, 1.165) is 12.0 Å². The fraction of sp³-hybridized carbons (Fsp3) is 0.818. The zero-order chi connectivity index (χ0) is 25.8. The summed E-state index contributed by atoms with van der Waals surface area (Å²) in [5.74, 6) is 1.30. The first-order chi connectivity index (χ1) is 15.9. The van der Waals surface area contributed by atoms with Gasteiger partial charge in [0.05, 0.1) is 0 Å². The van der Waals surface area contributed by atoms with Crippen LogP contribution in [0.15, 0.2) is 12.1 Å². The molecule has 0 saturated heterocycles. The zero-order valence-corrected chi connectivity index (χ0v) is 24.7. The van der Waals surface area contributed by atoms with Gasteiger partial charge in [-0.05, 0) is 52.2 Å². The average Bonchev–Trinajstić information content (AvgIpc) is 2.72. The van der Waals surface area contributed by atoms with Gasteiger partial charge in [0.15, 0.2) is 0 Å². The van der Waals surface area contributed by atoms with Crippen LogP contribution >= 0.6 is 0 Å². The van der Waals surface area contributed by atoms with E-state index < -0.39 is 0 Å². The molecule has 1 aromatic rings. The molecule has 1 N–H and O–H groups in total. The summed E-state index contributed by atoms with van der Waals surface area (Å²) in [5, 5.41) is 11.1. The van der Waals surface area contributed by atoms with Crippen LogP contribution in [0.25, 0.3) is 0 Å². The second-order valence-electron chi connectivity index (χ2n) is 13.4. The van der Waals surface area contributed by atoms with E-state index in [9.17, 15) is 5.11 Å². The summed E-state index contributed by atoms with van der Waals surface area (Å²) in [6, 6.07) is 4.61. The smallest absolute Gasteiger partial charge is 0.122 e. The van der Waals surface area contributed by atoms with Crippen LogP contribution in [-0.2, 0) is 5.41 Å². The van der Waals surface area contributed by atoms with Crippen LogP contribution in [0, 0.1) is 5.41 Å². The van der Waals surface area contributed by atoms with E-state index in [4.69, 9.17) is 0 Å². The topological polar surface area (TPSA) is 20.2 Å². The monoisotopic (exact) mass is 472 g/mol. The van der Waals surface area contributed by atoms with E-state index in [2.05, 4.69) is 74.4 Å². The molecule has 0 aliphatic carbocycles. The summed E-state index contributed by atoms with van der Waals surface area (Å²) < 4.78 is 0. The van der Waals surface area contributed by atoms with Crippen molar-refractivity contribution >= 4 is 0 Å². The highest BCUT2D eigenvalue weighted by atomic mass is 16.3. The molecule has 0 spiro atoms. The first-order valence-corrected chi connectivity index (χ1v) is 14.8. The molecule has 0 aliphatic rings. The van der Waals surface area contributed by atoms with Crippen molar-refractivity contribution < 1.29 is 5.11 Å². The van der Waals surface area contributed by atoms with Crippen LogP contribution in [0.1, 0.15) is 181 Å². The molecule has 1 atom stereocenters. The van der Waals surface area contributed by atoms with Gasteiger partial charge in [-0.25, -0.2) is 0 Å². The Morgan fingerprint density at radius 2 is 1.12 bits per heavy atom. The Bertz CT molecular complexity index is 677. The fourth-order valence-electron chi connectivity index (χ4n) is 5.76. The molecule has 1 aromatic carbocycles. The van der Waals surface area contributed by atoms with Gasteiger partial charge in [0.2, 0.25) is 0 Å². The summed E-state index contributed by atoms with van der Waals surface area (Å²) in [7, 11) is 0. The molecule has 1 nitrogen and oxygen atoms in total. The Morgan fingerprint density at radius 1 is 0.676 bits per heavy atom. The van der Waals surface area contributed by atoms with E-state index in [-0.39, 0.29) is 10.8 Å². The van der Waals surface area contributed by atoms with Gasteiger partial charge in [0.1, 0.15) is 5.75 Å². The molecule has 0 saturated carbocycles. The van der Waals surface area contributed by atoms with Crippen LogP contribution in [-0.4, -0.2) is 5.11 Å². The van der Waals surface area contributed by atoms with Gasteiger partial charge in [-0.1, -0.05) is 151 Å². The van der Waals surface area contributed by atoms with Crippen molar-refractivity contribution in [3.63, 3.8) is 0 Å². The first-order valence-electron chi connectivity index (χ1n) is 14.8. The molecule has 0 amide bonds. The number of unbranched alkanes of at least 4 members (excludes halogenated alkanes) is 11. The summed E-state index contributed by atoms with van der Waals surface area (Å²) in [6.07, 6.45) is 19.0. The van der Waals surface area contributed by atoms with E-state index in [1.54, 1.807) is 0 Å². The number of rotatable bonds is 17. The Hall–Kier alpha value is -0.980. The van der Waals surface area contributed by atoms with Gasteiger partial charge in [0.25, 0.3) is 0 Å². The van der Waals surface area contributed by atoms with Crippen molar-refractivity contribution in [3.8, 4) is 5.75 Å². The molecular weight excluding hydrogens is 412 g/mol. The van der Waals surface area contributed by atoms with Crippen LogP contribution in [0.2, 0.25) is 0 Å². The largest absolute Gasteiger partial charge is 0.507 e. The molecule has 0 heterocycles. The van der Waals surface area contributed by atoms with Gasteiger partial charge in [-0.15, -0.1) is 0 Å². The molecule has 0 radical (unpaired) electrons. The Kier molecular flexibility index (Phi) is 13.9. The predicted molar refractivity (Wildman–Crippen MR) is 153 cm³/mol. The van der Waals surface area contributed by atoms with E-state index in [0.29, 0.717) is 17.6 Å². The summed E-state index contributed by atoms with van der Waals surface area (Å²) in [5.41, 5.74) is 4.06. The van der Waals surface area contributed by atoms with E-state index in [1.807, 2.05) is 0 Å². The SMILES string of the molecule is CCCCCCCCCCCCCCC(C)c1cc(C(C)(C)CC(C)(C)C)cc(C(C)C)c1O. The fourth-order valence-corrected chi connectivity index (χ4v) is 5.76. The number of hydrogen-bond acceptors (Lipinski definition) is 1. The highest BCUT2D eigenvalue weighted by Crippen LogP contribution is 2.43. The molecule has 0 aliphatic heterocycles. The van der Waals surface area contributed by atoms with E-state index in [1.165, 1.54) is 94.6 Å². The van der Waals surface area contributed by atoms with E-state index >= 15 is 0 Å². The maximum Gasteiger partial charge on any atom is 0.122 e. The number of hydrogen-bond donors (Lipinski definition) is 1. The third kappa shape index (κ3) is 11.6. The van der Waals surface area contributed by atoms with Crippen molar-refractivity contribution in [1.82, 2.24) is 0 Å². The van der Waals surface area contributed by atoms with Crippen molar-refractivity contribution in [1.29, 1.82) is 0 Å². The van der Waals surface area contributed by atoms with Crippen molar-refractivity contribution in [2.75, 3.05) is 0 Å². The number of phenols is 1. The third-order valence-electron chi connectivity index (χ3n) is 7.57. The van der Waals surface area contributed by atoms with Gasteiger partial charge >= 0.3 is 0 Å². The lowest BCUT2D eigenvalue weighted by molar-refractivity contribution is 0.283. The molecule has 1 heteroatoms. The van der Waals surface area contributed by atoms with Crippen LogP contribution in [0.5, 0.6) is 5.75 Å². The lowest BCUT2D eigenvalue weighted by Gasteiger charge is -2.34. The second kappa shape index (κ2) is 15.2. The highest BCUT2D eigenvalue weighted by molar-refractivity contribution is 5.48. The molecule has 0 fully saturated rings. The standard InChI is InChI=1S/C33H60O/c1-10-11-12-13-14-15-16-17-18-19-20-21-22-27(4)30-24-28(23-29(26(2)3)31(30)34)33(8,9)25-32(5,6)7/h23-24,26-27,34H,10-22,25H2,1-9H3. The Balaban J connectivity index is 2.59. The summed E-state index contributed by atoms with van der Waals surface area (Å²) in [6.45, 7) is 20.7. The van der Waals surface area contributed by atoms with Crippen LogP contribution in [0.4, 0.5) is 0 Å². The minimum absolute atomic E-state index is 0.0973. The molecular formula is C33H60O. The average molecular weight is 473 g/mol. The number of phenolic OH excluding ortho intramolecular Hbond substituents is 1. The van der Waals surface area contributed by atoms with Gasteiger partial charge in [0, 0.05) is 0 Å². The normalized spacial score (nSPS) is 13.6. The summed E-state index contributed by atoms with van der Waals surface area (Å²) in [4.78, 5) is 0. The van der Waals surface area contributed by atoms with Crippen molar-refractivity contribution in [3.05, 3.63) is 28.8 Å². The number of aromatic hydroxyl groups is 1. The van der Waals surface area contributed by atoms with Crippen molar-refractivity contribution in [2.45, 2.75) is 169 Å². The zero-order valence-electron chi connectivity index (χ0n) is 24.7. The third-order valence-corrected chi connectivity index (χ3v) is 7.57. The summed E-state index contributed by atoms with van der Waals surface area (Å²) >= 11 is 0. The Morgan fingerprint density at radius 3 is 1.56 bits per heavy atom. The lowest BCUT2D eigenvalue weighted by atomic mass is 9.71. The minimum Gasteiger partial charge on any atom is -0.507 e. The minimum atomic E-state index is 0.0973. The predicted octanol–water partition coefficient (Wildman–Crippen LogP) is 11.4. The first kappa shape index (κ1) is 31.1. The Labute approximate surface area is 214 Å². The molecule has 1 unspecified atom stereocenters. The maximum atomic E-state index is 11.1. The second-order valence-corrected chi connectivity index (χ2v) is 13.4. The molecule has 34 heavy (non-hydrogen) atoms. The van der Waals surface area contributed by atoms with Gasteiger partial charge < -0.3 is 5.11 Å². The maximum absolute atomic E-state index is 11.1. The van der Waals surface area contributed by atoms with Gasteiger partial charge in [-0.3, -0.25) is 0 Å². The quantitative estimate of drug-likeness (QED) is 0.223. The van der Waals surface area contributed by atoms with Gasteiger partial charge in [-0.2, -0.15) is 0 Å². The molecule has 198 valence electrons. The van der Waals surface area contributed by atoms with Crippen LogP contribution < -0.4 is 0 Å². The number of benzene rings is 1. The van der Waals surface area contributed by atoms with Crippen LogP contribution in [0.3, 0.4) is 0 Å². The molecule has 1 rings (SSSR count).